The molecule has 1 aliphatic rings. The molecule has 16 heavy (non-hydrogen) atoms. The first-order valence-corrected chi connectivity index (χ1v) is 5.96. The molecule has 1 saturated heterocycles. The van der Waals surface area contributed by atoms with Gasteiger partial charge in [-0.3, -0.25) is 4.79 Å². The average molecular weight is 221 g/mol. The predicted molar refractivity (Wildman–Crippen MR) is 62.9 cm³/mol. The third-order valence-electron chi connectivity index (χ3n) is 2.98. The number of rotatable bonds is 4. The zero-order chi connectivity index (χ0) is 11.2. The minimum atomic E-state index is 0.232. The van der Waals surface area contributed by atoms with Crippen LogP contribution >= 0.6 is 0 Å². The highest BCUT2D eigenvalue weighted by Crippen LogP contribution is 2.08. The van der Waals surface area contributed by atoms with Crippen molar-refractivity contribution in [1.29, 1.82) is 0 Å². The maximum absolute atomic E-state index is 11.8. The summed E-state index contributed by atoms with van der Waals surface area (Å²) < 4.78 is 0. The largest absolute Gasteiger partial charge is 0.367 e. The van der Waals surface area contributed by atoms with E-state index in [1.165, 1.54) is 12.0 Å². The lowest BCUT2D eigenvalue weighted by Crippen LogP contribution is -2.40. The van der Waals surface area contributed by atoms with E-state index >= 15 is 0 Å². The average Bonchev–Trinajstić information content (AvgIpc) is 2.83. The van der Waals surface area contributed by atoms with E-state index in [1.54, 1.807) is 0 Å². The molecule has 88 valence electrons. The summed E-state index contributed by atoms with van der Waals surface area (Å²) in [6.07, 6.45) is 7.41. The topological polar surface area (TPSA) is 48.1 Å². The van der Waals surface area contributed by atoms with Crippen LogP contribution in [0.25, 0.3) is 0 Å². The minimum absolute atomic E-state index is 0.232. The van der Waals surface area contributed by atoms with Gasteiger partial charge in [-0.05, 0) is 30.9 Å². The van der Waals surface area contributed by atoms with Gasteiger partial charge in [-0.2, -0.15) is 0 Å². The predicted octanol–water partition coefficient (Wildman–Crippen LogP) is 1.12. The molecule has 1 aromatic rings. The second-order valence-corrected chi connectivity index (χ2v) is 4.26. The Morgan fingerprint density at radius 3 is 2.88 bits per heavy atom. The van der Waals surface area contributed by atoms with E-state index in [4.69, 9.17) is 0 Å². The molecular weight excluding hydrogens is 202 g/mol. The van der Waals surface area contributed by atoms with Crippen molar-refractivity contribution in [1.82, 2.24) is 15.2 Å². The Kier molecular flexibility index (Phi) is 3.99. The van der Waals surface area contributed by atoms with Crippen LogP contribution in [0.4, 0.5) is 0 Å². The molecule has 0 radical (unpaired) electrons. The Morgan fingerprint density at radius 1 is 1.38 bits per heavy atom. The zero-order valence-electron chi connectivity index (χ0n) is 9.54. The molecule has 4 heteroatoms. The van der Waals surface area contributed by atoms with E-state index in [2.05, 4.69) is 10.3 Å². The number of nitrogens with zero attached hydrogens (tertiary/aromatic N) is 1. The molecule has 0 aromatic carbocycles. The standard InChI is InChI=1S/C12H19N3O/c16-12(15-6-2-1-3-7-15)10-14-9-11-4-5-13-8-11/h4-5,8,13-14H,1-3,6-7,9-10H2. The van der Waals surface area contributed by atoms with E-state index in [0.717, 1.165) is 32.5 Å². The van der Waals surface area contributed by atoms with E-state index in [0.29, 0.717) is 6.54 Å². The van der Waals surface area contributed by atoms with Gasteiger partial charge in [-0.15, -0.1) is 0 Å². The Morgan fingerprint density at radius 2 is 2.19 bits per heavy atom. The van der Waals surface area contributed by atoms with Crippen LogP contribution in [0.2, 0.25) is 0 Å². The first kappa shape index (κ1) is 11.2. The van der Waals surface area contributed by atoms with E-state index in [-0.39, 0.29) is 5.91 Å². The molecule has 1 fully saturated rings. The van der Waals surface area contributed by atoms with Crippen LogP contribution in [0.1, 0.15) is 24.8 Å². The number of hydrogen-bond donors (Lipinski definition) is 2. The van der Waals surface area contributed by atoms with Crippen molar-refractivity contribution < 1.29 is 4.79 Å². The van der Waals surface area contributed by atoms with Crippen molar-refractivity contribution in [3.63, 3.8) is 0 Å². The third-order valence-corrected chi connectivity index (χ3v) is 2.98. The second-order valence-electron chi connectivity index (χ2n) is 4.26. The monoisotopic (exact) mass is 221 g/mol. The first-order valence-electron chi connectivity index (χ1n) is 5.96. The highest BCUT2D eigenvalue weighted by Gasteiger charge is 2.15. The summed E-state index contributed by atoms with van der Waals surface area (Å²) in [6.45, 7) is 3.07. The quantitative estimate of drug-likeness (QED) is 0.800. The molecule has 0 saturated carbocycles. The van der Waals surface area contributed by atoms with Crippen LogP contribution in [-0.4, -0.2) is 35.4 Å². The van der Waals surface area contributed by atoms with E-state index < -0.39 is 0 Å². The maximum atomic E-state index is 11.8. The fraction of sp³-hybridized carbons (Fsp3) is 0.583. The zero-order valence-corrected chi connectivity index (χ0v) is 9.54. The molecule has 1 amide bonds. The van der Waals surface area contributed by atoms with Gasteiger partial charge in [-0.1, -0.05) is 0 Å². The van der Waals surface area contributed by atoms with Crippen molar-refractivity contribution in [2.75, 3.05) is 19.6 Å². The SMILES string of the molecule is O=C(CNCc1cc[nH]c1)N1CCCCC1. The van der Waals surface area contributed by atoms with Gasteiger partial charge in [0.2, 0.25) is 5.91 Å². The summed E-state index contributed by atoms with van der Waals surface area (Å²) in [5.74, 6) is 0.232. The number of nitrogens with one attached hydrogen (secondary N) is 2. The van der Waals surface area contributed by atoms with Gasteiger partial charge in [0.25, 0.3) is 0 Å². The number of piperidine rings is 1. The Bertz CT molecular complexity index is 315. The van der Waals surface area contributed by atoms with Crippen LogP contribution in [0.5, 0.6) is 0 Å². The smallest absolute Gasteiger partial charge is 0.236 e. The summed E-state index contributed by atoms with van der Waals surface area (Å²) in [5, 5.41) is 3.17. The minimum Gasteiger partial charge on any atom is -0.367 e. The van der Waals surface area contributed by atoms with Gasteiger partial charge in [0, 0.05) is 32.0 Å². The van der Waals surface area contributed by atoms with E-state index in [1.807, 2.05) is 23.4 Å². The summed E-state index contributed by atoms with van der Waals surface area (Å²) in [6, 6.07) is 2.01. The summed E-state index contributed by atoms with van der Waals surface area (Å²) in [5.41, 5.74) is 1.19. The molecule has 0 atom stereocenters. The number of carbonyl (C=O) groups excluding carboxylic acids is 1. The molecule has 0 bridgehead atoms. The van der Waals surface area contributed by atoms with Gasteiger partial charge in [0.05, 0.1) is 6.54 Å². The van der Waals surface area contributed by atoms with Crippen LogP contribution in [0, 0.1) is 0 Å². The second kappa shape index (κ2) is 5.70. The number of amides is 1. The van der Waals surface area contributed by atoms with Gasteiger partial charge < -0.3 is 15.2 Å². The van der Waals surface area contributed by atoms with Crippen molar-refractivity contribution >= 4 is 5.91 Å². The number of likely N-dealkylation sites (tertiary alicyclic amines) is 1. The third kappa shape index (κ3) is 3.10. The van der Waals surface area contributed by atoms with Gasteiger partial charge >= 0.3 is 0 Å². The summed E-state index contributed by atoms with van der Waals surface area (Å²) in [7, 11) is 0. The molecule has 2 N–H and O–H groups in total. The first-order chi connectivity index (χ1) is 7.86. The van der Waals surface area contributed by atoms with Gasteiger partial charge in [-0.25, -0.2) is 0 Å². The molecular formula is C12H19N3O. The molecule has 1 aliphatic heterocycles. The van der Waals surface area contributed by atoms with Crippen molar-refractivity contribution in [3.8, 4) is 0 Å². The lowest BCUT2D eigenvalue weighted by Gasteiger charge is -2.26. The highest BCUT2D eigenvalue weighted by atomic mass is 16.2. The number of carbonyl (C=O) groups is 1. The Hall–Kier alpha value is -1.29. The van der Waals surface area contributed by atoms with Crippen LogP contribution in [-0.2, 0) is 11.3 Å². The number of aromatic amines is 1. The molecule has 0 spiro atoms. The van der Waals surface area contributed by atoms with Crippen LogP contribution in [0.3, 0.4) is 0 Å². The normalized spacial score (nSPS) is 16.4. The maximum Gasteiger partial charge on any atom is 0.236 e. The molecule has 4 nitrogen and oxygen atoms in total. The molecule has 0 aliphatic carbocycles. The lowest BCUT2D eigenvalue weighted by molar-refractivity contribution is -0.131. The van der Waals surface area contributed by atoms with Crippen LogP contribution < -0.4 is 5.32 Å². The molecule has 2 rings (SSSR count). The Balaban J connectivity index is 1.67. The van der Waals surface area contributed by atoms with Crippen molar-refractivity contribution in [2.45, 2.75) is 25.8 Å². The Labute approximate surface area is 96.0 Å². The summed E-state index contributed by atoms with van der Waals surface area (Å²) >= 11 is 0. The summed E-state index contributed by atoms with van der Waals surface area (Å²) in [4.78, 5) is 16.7. The van der Waals surface area contributed by atoms with Crippen molar-refractivity contribution in [2.24, 2.45) is 0 Å². The van der Waals surface area contributed by atoms with Crippen molar-refractivity contribution in [3.05, 3.63) is 24.0 Å². The fourth-order valence-corrected chi connectivity index (χ4v) is 2.04. The molecule has 2 heterocycles. The lowest BCUT2D eigenvalue weighted by atomic mass is 10.1. The van der Waals surface area contributed by atoms with Crippen LogP contribution in [0.15, 0.2) is 18.5 Å². The van der Waals surface area contributed by atoms with Gasteiger partial charge in [0.15, 0.2) is 0 Å². The molecule has 0 unspecified atom stereocenters. The molecule has 1 aromatic heterocycles. The number of H-pyrrole nitrogens is 1. The fourth-order valence-electron chi connectivity index (χ4n) is 2.04. The van der Waals surface area contributed by atoms with E-state index in [9.17, 15) is 4.79 Å². The highest BCUT2D eigenvalue weighted by molar-refractivity contribution is 5.78. The number of hydrogen-bond acceptors (Lipinski definition) is 2. The number of aromatic nitrogens is 1. The van der Waals surface area contributed by atoms with Gasteiger partial charge in [0.1, 0.15) is 0 Å².